The number of likely N-dealkylation sites (tertiary alicyclic amines) is 1. The average Bonchev–Trinajstić information content (AvgIpc) is 3.29. The molecule has 4 rings (SSSR count). The van der Waals surface area contributed by atoms with E-state index in [0.29, 0.717) is 11.4 Å². The molecule has 7 nitrogen and oxygen atoms in total. The Kier molecular flexibility index (Phi) is 6.27. The summed E-state index contributed by atoms with van der Waals surface area (Å²) in [6, 6.07) is 0. The van der Waals surface area contributed by atoms with Crippen molar-refractivity contribution in [1.29, 1.82) is 0 Å². The Morgan fingerprint density at radius 3 is 2.64 bits per heavy atom. The van der Waals surface area contributed by atoms with Crippen LogP contribution in [0.5, 0.6) is 0 Å². The molecule has 0 aromatic rings. The van der Waals surface area contributed by atoms with Gasteiger partial charge in [0.15, 0.2) is 0 Å². The standard InChI is InChI=1S/C20H23F6N5O2/c1-11-2-14(12-3-13(5-27-4-12)33-9-20(24,25)26)29-15-6-31(18(32)17(11)15)16-7-30(10-28-16)8-19(21,22)23/h2,4,10-13,16-17H,3,5-9H2,1H3. The van der Waals surface area contributed by atoms with Gasteiger partial charge in [-0.3, -0.25) is 14.8 Å². The second-order valence-corrected chi connectivity index (χ2v) is 8.69. The molecule has 1 saturated heterocycles. The van der Waals surface area contributed by atoms with Crippen LogP contribution in [0.4, 0.5) is 26.3 Å². The number of carbonyl (C=O) groups excluding carboxylic acids is 1. The van der Waals surface area contributed by atoms with Crippen LogP contribution < -0.4 is 0 Å². The van der Waals surface area contributed by atoms with Crippen LogP contribution in [0.2, 0.25) is 0 Å². The highest BCUT2D eigenvalue weighted by molar-refractivity contribution is 6.12. The van der Waals surface area contributed by atoms with Crippen LogP contribution in [0.15, 0.2) is 26.8 Å². The third kappa shape index (κ3) is 5.56. The number of alkyl halides is 6. The minimum atomic E-state index is -4.42. The van der Waals surface area contributed by atoms with E-state index >= 15 is 0 Å². The van der Waals surface area contributed by atoms with Crippen LogP contribution in [0.3, 0.4) is 0 Å². The fourth-order valence-electron chi connectivity index (χ4n) is 4.58. The summed E-state index contributed by atoms with van der Waals surface area (Å²) in [7, 11) is 0. The summed E-state index contributed by atoms with van der Waals surface area (Å²) in [5, 5.41) is 0. The molecule has 4 aliphatic heterocycles. The number of nitrogens with zero attached hydrogens (tertiary/aromatic N) is 5. The van der Waals surface area contributed by atoms with Gasteiger partial charge in [-0.1, -0.05) is 13.0 Å². The smallest absolute Gasteiger partial charge is 0.367 e. The van der Waals surface area contributed by atoms with Gasteiger partial charge in [-0.25, -0.2) is 4.99 Å². The van der Waals surface area contributed by atoms with E-state index in [4.69, 9.17) is 4.74 Å². The number of ether oxygens (including phenoxy) is 1. The lowest BCUT2D eigenvalue weighted by molar-refractivity contribution is -0.185. The summed E-state index contributed by atoms with van der Waals surface area (Å²) in [5.41, 5.74) is 1.20. The van der Waals surface area contributed by atoms with E-state index < -0.39 is 43.7 Å². The quantitative estimate of drug-likeness (QED) is 0.570. The molecule has 0 saturated carbocycles. The Bertz CT molecular complexity index is 896. The van der Waals surface area contributed by atoms with Gasteiger partial charge < -0.3 is 14.5 Å². The maximum absolute atomic E-state index is 13.0. The van der Waals surface area contributed by atoms with Crippen molar-refractivity contribution in [2.24, 2.45) is 32.7 Å². The molecular weight excluding hydrogens is 456 g/mol. The Balaban J connectivity index is 1.42. The zero-order chi connectivity index (χ0) is 24.0. The summed E-state index contributed by atoms with van der Waals surface area (Å²) < 4.78 is 80.3. The molecule has 0 aromatic heterocycles. The average molecular weight is 479 g/mol. The molecule has 0 bridgehead atoms. The first-order valence-electron chi connectivity index (χ1n) is 10.5. The zero-order valence-electron chi connectivity index (χ0n) is 17.7. The highest BCUT2D eigenvalue weighted by Gasteiger charge is 2.46. The normalized spacial score (nSPS) is 32.3. The van der Waals surface area contributed by atoms with Crippen LogP contribution in [0, 0.1) is 17.8 Å². The molecule has 4 aliphatic rings. The first-order chi connectivity index (χ1) is 15.4. The van der Waals surface area contributed by atoms with Crippen molar-refractivity contribution in [3.05, 3.63) is 11.8 Å². The fourth-order valence-corrected chi connectivity index (χ4v) is 4.58. The van der Waals surface area contributed by atoms with Gasteiger partial charge in [-0.05, 0) is 12.3 Å². The number of allylic oxidation sites excluding steroid dienone is 2. The molecule has 0 aliphatic carbocycles. The van der Waals surface area contributed by atoms with Crippen molar-refractivity contribution in [3.63, 3.8) is 0 Å². The summed E-state index contributed by atoms with van der Waals surface area (Å²) in [6.07, 6.45) is -5.35. The lowest BCUT2D eigenvalue weighted by Gasteiger charge is -2.28. The number of rotatable bonds is 5. The van der Waals surface area contributed by atoms with E-state index in [2.05, 4.69) is 15.0 Å². The van der Waals surface area contributed by atoms with Gasteiger partial charge in [0.25, 0.3) is 0 Å². The van der Waals surface area contributed by atoms with Crippen molar-refractivity contribution in [2.75, 3.05) is 32.8 Å². The molecule has 5 atom stereocenters. The largest absolute Gasteiger partial charge is 0.411 e. The maximum Gasteiger partial charge on any atom is 0.411 e. The van der Waals surface area contributed by atoms with E-state index in [1.54, 1.807) is 6.21 Å². The second-order valence-electron chi connectivity index (χ2n) is 8.69. The number of hydrogen-bond donors (Lipinski definition) is 0. The summed E-state index contributed by atoms with van der Waals surface area (Å²) in [4.78, 5) is 28.3. The Morgan fingerprint density at radius 2 is 1.94 bits per heavy atom. The third-order valence-electron chi connectivity index (χ3n) is 5.99. The van der Waals surface area contributed by atoms with E-state index in [1.807, 2.05) is 13.0 Å². The van der Waals surface area contributed by atoms with Gasteiger partial charge in [0, 0.05) is 17.8 Å². The highest BCUT2D eigenvalue weighted by atomic mass is 19.4. The third-order valence-corrected chi connectivity index (χ3v) is 5.99. The van der Waals surface area contributed by atoms with Gasteiger partial charge >= 0.3 is 12.4 Å². The van der Waals surface area contributed by atoms with E-state index in [1.165, 1.54) is 4.90 Å². The van der Waals surface area contributed by atoms with Crippen molar-refractivity contribution in [3.8, 4) is 0 Å². The van der Waals surface area contributed by atoms with E-state index in [9.17, 15) is 31.1 Å². The first kappa shape index (κ1) is 23.7. The van der Waals surface area contributed by atoms with Gasteiger partial charge in [-0.2, -0.15) is 26.3 Å². The van der Waals surface area contributed by atoms with Crippen LogP contribution in [-0.4, -0.2) is 91.4 Å². The number of fused-ring (bicyclic) bond motifs is 1. The predicted molar refractivity (Wildman–Crippen MR) is 107 cm³/mol. The first-order valence-corrected chi connectivity index (χ1v) is 10.5. The van der Waals surface area contributed by atoms with Crippen LogP contribution in [-0.2, 0) is 9.53 Å². The highest BCUT2D eigenvalue weighted by Crippen LogP contribution is 2.36. The van der Waals surface area contributed by atoms with Crippen LogP contribution in [0.1, 0.15) is 13.3 Å². The molecule has 0 N–H and O–H groups in total. The van der Waals surface area contributed by atoms with Gasteiger partial charge in [0.2, 0.25) is 5.91 Å². The summed E-state index contributed by atoms with van der Waals surface area (Å²) in [6.45, 7) is -0.414. The van der Waals surface area contributed by atoms with Crippen molar-refractivity contribution >= 4 is 24.2 Å². The lowest BCUT2D eigenvalue weighted by atomic mass is 9.84. The van der Waals surface area contributed by atoms with Crippen molar-refractivity contribution < 1.29 is 35.9 Å². The monoisotopic (exact) mass is 479 g/mol. The minimum absolute atomic E-state index is 0.0482. The number of carbonyl (C=O) groups is 1. The molecule has 0 spiro atoms. The van der Waals surface area contributed by atoms with Crippen molar-refractivity contribution in [1.82, 2.24) is 9.80 Å². The van der Waals surface area contributed by atoms with Crippen LogP contribution >= 0.6 is 0 Å². The van der Waals surface area contributed by atoms with E-state index in [0.717, 1.165) is 11.2 Å². The molecule has 13 heteroatoms. The predicted octanol–water partition coefficient (Wildman–Crippen LogP) is 2.69. The lowest BCUT2D eigenvalue weighted by Crippen LogP contribution is -2.42. The Labute approximate surface area is 185 Å². The summed E-state index contributed by atoms with van der Waals surface area (Å²) >= 11 is 0. The molecule has 1 fully saturated rings. The molecule has 182 valence electrons. The van der Waals surface area contributed by atoms with E-state index in [-0.39, 0.29) is 43.8 Å². The Morgan fingerprint density at radius 1 is 1.18 bits per heavy atom. The molecule has 0 radical (unpaired) electrons. The molecule has 4 heterocycles. The number of halogens is 6. The molecule has 5 unspecified atom stereocenters. The SMILES string of the molecule is CC1C=C(C2C=NCC(OCC(F)(F)F)C2)N=C2CN(C3CN(CC(F)(F)F)C=N3)C(=O)C21. The minimum Gasteiger partial charge on any atom is -0.367 e. The zero-order valence-corrected chi connectivity index (χ0v) is 17.7. The topological polar surface area (TPSA) is 69.9 Å². The molecular formula is C20H23F6N5O2. The molecule has 0 aromatic carbocycles. The van der Waals surface area contributed by atoms with Gasteiger partial charge in [-0.15, -0.1) is 0 Å². The van der Waals surface area contributed by atoms with Crippen molar-refractivity contribution in [2.45, 2.75) is 38.0 Å². The van der Waals surface area contributed by atoms with Crippen LogP contribution in [0.25, 0.3) is 0 Å². The van der Waals surface area contributed by atoms with Gasteiger partial charge in [0.1, 0.15) is 19.3 Å². The fraction of sp³-hybridized carbons (Fsp3) is 0.700. The number of amides is 1. The Hall–Kier alpha value is -2.44. The summed E-state index contributed by atoms with van der Waals surface area (Å²) in [5.74, 6) is -1.34. The molecule has 1 amide bonds. The second kappa shape index (κ2) is 8.73. The number of hydrogen-bond acceptors (Lipinski definition) is 6. The molecule has 33 heavy (non-hydrogen) atoms. The number of aliphatic imine (C=N–C) groups is 3. The van der Waals surface area contributed by atoms with Gasteiger partial charge in [0.05, 0.1) is 43.7 Å². The maximum atomic E-state index is 13.0.